The van der Waals surface area contributed by atoms with Gasteiger partial charge in [-0.15, -0.1) is 0 Å². The molecule has 0 radical (unpaired) electrons. The maximum absolute atomic E-state index is 12.2. The monoisotopic (exact) mass is 453 g/mol. The summed E-state index contributed by atoms with van der Waals surface area (Å²) in [6.45, 7) is 16.6. The van der Waals surface area contributed by atoms with Crippen LogP contribution in [0.2, 0.25) is 0 Å². The van der Waals surface area contributed by atoms with E-state index >= 15 is 0 Å². The summed E-state index contributed by atoms with van der Waals surface area (Å²) in [4.78, 5) is 16.0. The first-order chi connectivity index (χ1) is 14.3. The number of hydrogen-bond acceptors (Lipinski definition) is 5. The molecule has 0 atom stereocenters. The van der Waals surface area contributed by atoms with E-state index in [9.17, 15) is 13.2 Å². The number of likely N-dealkylation sites (N-methyl/N-ethyl adjacent to an activating group) is 1. The molecule has 0 spiro atoms. The van der Waals surface area contributed by atoms with Crippen molar-refractivity contribution in [3.05, 3.63) is 28.8 Å². The highest BCUT2D eigenvalue weighted by Crippen LogP contribution is 2.34. The Morgan fingerprint density at radius 1 is 0.935 bits per heavy atom. The fraction of sp³-hybridized carbons (Fsp3) is 0.708. The molecule has 1 amide bonds. The van der Waals surface area contributed by atoms with Crippen LogP contribution in [-0.2, 0) is 14.6 Å². The highest BCUT2D eigenvalue weighted by molar-refractivity contribution is 7.90. The lowest BCUT2D eigenvalue weighted by Crippen LogP contribution is -2.47. The number of piperazine rings is 1. The molecule has 0 unspecified atom stereocenters. The molecular weight excluding hydrogens is 410 g/mol. The number of sulfone groups is 1. The van der Waals surface area contributed by atoms with Gasteiger partial charge in [-0.25, -0.2) is 8.42 Å². The molecule has 1 heterocycles. The van der Waals surface area contributed by atoms with E-state index in [2.05, 4.69) is 65.6 Å². The zero-order chi connectivity index (χ0) is 23.9. The Morgan fingerprint density at radius 3 is 1.71 bits per heavy atom. The molecule has 2 N–H and O–H groups in total. The molecule has 31 heavy (non-hydrogen) atoms. The first-order valence-corrected chi connectivity index (χ1v) is 13.2. The van der Waals surface area contributed by atoms with E-state index in [4.69, 9.17) is 5.73 Å². The van der Waals surface area contributed by atoms with Gasteiger partial charge in [0.2, 0.25) is 5.91 Å². The molecule has 1 saturated heterocycles. The number of amides is 1. The molecule has 1 fully saturated rings. The van der Waals surface area contributed by atoms with Gasteiger partial charge in [0.05, 0.1) is 4.90 Å². The number of benzene rings is 1. The highest BCUT2D eigenvalue weighted by atomic mass is 32.2. The number of nitrogens with two attached hydrogens (primary N) is 1. The van der Waals surface area contributed by atoms with E-state index in [0.29, 0.717) is 23.8 Å². The van der Waals surface area contributed by atoms with Crippen molar-refractivity contribution in [3.63, 3.8) is 0 Å². The van der Waals surface area contributed by atoms with Crippen molar-refractivity contribution in [2.45, 2.75) is 70.6 Å². The van der Waals surface area contributed by atoms with Crippen LogP contribution in [0.1, 0.15) is 82.4 Å². The summed E-state index contributed by atoms with van der Waals surface area (Å²) < 4.78 is 24.3. The van der Waals surface area contributed by atoms with Crippen molar-refractivity contribution in [2.24, 2.45) is 5.73 Å². The van der Waals surface area contributed by atoms with Crippen LogP contribution in [0, 0.1) is 0 Å². The van der Waals surface area contributed by atoms with E-state index in [1.54, 1.807) is 0 Å². The second-order valence-electron chi connectivity index (χ2n) is 9.49. The Balaban J connectivity index is 0.000000343. The molecule has 6 nitrogen and oxygen atoms in total. The lowest BCUT2D eigenvalue weighted by Gasteiger charge is -2.32. The Labute approximate surface area is 190 Å². The van der Waals surface area contributed by atoms with Gasteiger partial charge in [-0.1, -0.05) is 53.7 Å². The smallest absolute Gasteiger partial charge is 0.223 e. The largest absolute Gasteiger partial charge is 0.340 e. The summed E-state index contributed by atoms with van der Waals surface area (Å²) in [5, 5.41) is 0. The van der Waals surface area contributed by atoms with Gasteiger partial charge in [0.1, 0.15) is 0 Å². The number of nitrogens with zero attached hydrogens (tertiary/aromatic N) is 2. The first-order valence-electron chi connectivity index (χ1n) is 11.3. The molecule has 2 rings (SSSR count). The average molecular weight is 454 g/mol. The van der Waals surface area contributed by atoms with Gasteiger partial charge < -0.3 is 15.5 Å². The molecule has 1 aromatic rings. The summed E-state index contributed by atoms with van der Waals surface area (Å²) >= 11 is 0. The Hall–Kier alpha value is -1.44. The van der Waals surface area contributed by atoms with Crippen molar-refractivity contribution in [1.82, 2.24) is 9.80 Å². The third-order valence-electron chi connectivity index (χ3n) is 5.66. The van der Waals surface area contributed by atoms with Crippen LogP contribution in [0.5, 0.6) is 0 Å². The molecule has 7 heteroatoms. The number of rotatable bonds is 6. The van der Waals surface area contributed by atoms with Crippen LogP contribution in [0.25, 0.3) is 0 Å². The van der Waals surface area contributed by atoms with Crippen molar-refractivity contribution in [3.8, 4) is 0 Å². The van der Waals surface area contributed by atoms with Gasteiger partial charge in [0, 0.05) is 45.4 Å². The van der Waals surface area contributed by atoms with Gasteiger partial charge in [-0.3, -0.25) is 4.79 Å². The minimum atomic E-state index is -3.20. The molecule has 178 valence electrons. The fourth-order valence-electron chi connectivity index (χ4n) is 3.66. The standard InChI is InChI=1S/C16H26O2S.C8H17N3O/c1-10(2)13-8-14(11(3)4)16(19(7,17)18)15(9-13)12(5)6;1-10-4-6-11(7-5-10)8(12)2-3-9/h8-12H,1-7H3;2-7,9H2,1H3. The zero-order valence-corrected chi connectivity index (χ0v) is 21.6. The third-order valence-corrected chi connectivity index (χ3v) is 6.88. The van der Waals surface area contributed by atoms with Crippen LogP contribution >= 0.6 is 0 Å². The van der Waals surface area contributed by atoms with Crippen molar-refractivity contribution in [2.75, 3.05) is 46.0 Å². The van der Waals surface area contributed by atoms with Crippen LogP contribution in [0.4, 0.5) is 0 Å². The van der Waals surface area contributed by atoms with Crippen molar-refractivity contribution < 1.29 is 13.2 Å². The predicted octanol–water partition coefficient (Wildman–Crippen LogP) is 3.57. The summed E-state index contributed by atoms with van der Waals surface area (Å²) in [6, 6.07) is 4.13. The van der Waals surface area contributed by atoms with E-state index in [0.717, 1.165) is 37.3 Å². The zero-order valence-electron chi connectivity index (χ0n) is 20.7. The SMILES string of the molecule is CC(C)c1cc(C(C)C)c(S(C)(=O)=O)c(C(C)C)c1.CN1CCN(C(=O)CCN)CC1. The molecule has 0 aliphatic carbocycles. The molecule has 0 bridgehead atoms. The number of hydrogen-bond donors (Lipinski definition) is 1. The highest BCUT2D eigenvalue weighted by Gasteiger charge is 2.23. The van der Waals surface area contributed by atoms with E-state index in [-0.39, 0.29) is 17.7 Å². The minimum absolute atomic E-state index is 0.200. The van der Waals surface area contributed by atoms with Gasteiger partial charge in [0.15, 0.2) is 9.84 Å². The quantitative estimate of drug-likeness (QED) is 0.712. The van der Waals surface area contributed by atoms with Gasteiger partial charge >= 0.3 is 0 Å². The van der Waals surface area contributed by atoms with Gasteiger partial charge in [-0.2, -0.15) is 0 Å². The minimum Gasteiger partial charge on any atom is -0.340 e. The topological polar surface area (TPSA) is 83.7 Å². The van der Waals surface area contributed by atoms with Crippen LogP contribution in [0.15, 0.2) is 17.0 Å². The summed E-state index contributed by atoms with van der Waals surface area (Å²) in [7, 11) is -1.12. The number of carbonyl (C=O) groups excluding carboxylic acids is 1. The first kappa shape index (κ1) is 27.6. The van der Waals surface area contributed by atoms with E-state index < -0.39 is 9.84 Å². The second-order valence-corrected chi connectivity index (χ2v) is 11.4. The second kappa shape index (κ2) is 12.0. The van der Waals surface area contributed by atoms with E-state index in [1.807, 2.05) is 4.90 Å². The fourth-order valence-corrected chi connectivity index (χ4v) is 5.10. The Bertz CT molecular complexity index is 795. The average Bonchev–Trinajstić information content (AvgIpc) is 2.67. The number of carbonyl (C=O) groups is 1. The molecule has 1 aliphatic rings. The summed E-state index contributed by atoms with van der Waals surface area (Å²) in [6.07, 6.45) is 1.80. The Morgan fingerprint density at radius 2 is 1.39 bits per heavy atom. The van der Waals surface area contributed by atoms with Crippen LogP contribution in [0.3, 0.4) is 0 Å². The maximum atomic E-state index is 12.2. The van der Waals surface area contributed by atoms with Crippen molar-refractivity contribution >= 4 is 15.7 Å². The van der Waals surface area contributed by atoms with Gasteiger partial charge in [0.25, 0.3) is 0 Å². The summed E-state index contributed by atoms with van der Waals surface area (Å²) in [5.74, 6) is 1.02. The molecule has 0 saturated carbocycles. The lowest BCUT2D eigenvalue weighted by atomic mass is 9.89. The molecule has 1 aliphatic heterocycles. The maximum Gasteiger partial charge on any atom is 0.223 e. The predicted molar refractivity (Wildman–Crippen MR) is 130 cm³/mol. The Kier molecular flexibility index (Phi) is 10.7. The molecular formula is C24H43N3O3S. The third kappa shape index (κ3) is 8.20. The molecule has 1 aromatic carbocycles. The normalized spacial score (nSPS) is 15.4. The summed E-state index contributed by atoms with van der Waals surface area (Å²) in [5.41, 5.74) is 8.44. The van der Waals surface area contributed by atoms with Crippen LogP contribution in [-0.4, -0.2) is 70.2 Å². The van der Waals surface area contributed by atoms with Crippen LogP contribution < -0.4 is 5.73 Å². The van der Waals surface area contributed by atoms with Crippen molar-refractivity contribution in [1.29, 1.82) is 0 Å². The lowest BCUT2D eigenvalue weighted by molar-refractivity contribution is -0.132. The molecule has 0 aromatic heterocycles. The van der Waals surface area contributed by atoms with Gasteiger partial charge in [-0.05, 0) is 41.5 Å². The van der Waals surface area contributed by atoms with E-state index in [1.165, 1.54) is 11.8 Å².